The van der Waals surface area contributed by atoms with Crippen LogP contribution in [0, 0.1) is 18.8 Å². The molecule has 2 aliphatic rings. The van der Waals surface area contributed by atoms with Gasteiger partial charge in [-0.2, -0.15) is 0 Å². The Kier molecular flexibility index (Phi) is 4.61. The first-order valence-electron chi connectivity index (χ1n) is 9.64. The van der Waals surface area contributed by atoms with E-state index in [1.807, 2.05) is 0 Å². The second kappa shape index (κ2) is 6.94. The van der Waals surface area contributed by atoms with Crippen molar-refractivity contribution in [3.63, 3.8) is 0 Å². The van der Waals surface area contributed by atoms with Gasteiger partial charge < -0.3 is 14.2 Å². The second-order valence-electron chi connectivity index (χ2n) is 8.14. The minimum absolute atomic E-state index is 0.142. The molecule has 1 aliphatic carbocycles. The lowest BCUT2D eigenvalue weighted by atomic mass is 9.92. The molecule has 4 rings (SSSR count). The summed E-state index contributed by atoms with van der Waals surface area (Å²) >= 11 is 0. The van der Waals surface area contributed by atoms with Gasteiger partial charge in [-0.05, 0) is 44.1 Å². The van der Waals surface area contributed by atoms with Crippen molar-refractivity contribution in [3.05, 3.63) is 23.0 Å². The first-order valence-corrected chi connectivity index (χ1v) is 9.64. The topological polar surface area (TPSA) is 85.5 Å². The number of ether oxygens (including phenoxy) is 1. The average molecular weight is 371 g/mol. The Hall–Kier alpha value is -2.44. The van der Waals surface area contributed by atoms with Gasteiger partial charge in [0.1, 0.15) is 0 Å². The van der Waals surface area contributed by atoms with Crippen LogP contribution in [0.5, 0.6) is 0 Å². The van der Waals surface area contributed by atoms with Crippen molar-refractivity contribution in [1.29, 1.82) is 0 Å². The molecular weight excluding hydrogens is 346 g/mol. The quantitative estimate of drug-likeness (QED) is 0.768. The van der Waals surface area contributed by atoms with E-state index in [9.17, 15) is 9.59 Å². The largest absolute Gasteiger partial charge is 0.452 e. The van der Waals surface area contributed by atoms with Gasteiger partial charge in [-0.25, -0.2) is 9.78 Å². The van der Waals surface area contributed by atoms with Crippen molar-refractivity contribution < 1.29 is 18.8 Å². The molecule has 2 aromatic heterocycles. The highest BCUT2D eigenvalue weighted by atomic mass is 16.5. The zero-order chi connectivity index (χ0) is 19.1. The molecule has 3 heterocycles. The normalized spacial score (nSPS) is 22.9. The van der Waals surface area contributed by atoms with Crippen molar-refractivity contribution in [2.24, 2.45) is 11.8 Å². The van der Waals surface area contributed by atoms with Crippen molar-refractivity contribution in [2.75, 3.05) is 19.7 Å². The van der Waals surface area contributed by atoms with Gasteiger partial charge in [-0.3, -0.25) is 4.79 Å². The third kappa shape index (κ3) is 3.68. The molecule has 1 aliphatic heterocycles. The number of esters is 1. The lowest BCUT2D eigenvalue weighted by Gasteiger charge is -2.34. The van der Waals surface area contributed by atoms with Crippen LogP contribution in [0.2, 0.25) is 0 Å². The number of pyridine rings is 1. The van der Waals surface area contributed by atoms with Crippen LogP contribution >= 0.6 is 0 Å². The fraction of sp³-hybridized carbons (Fsp3) is 0.600. The summed E-state index contributed by atoms with van der Waals surface area (Å²) in [7, 11) is 0. The predicted octanol–water partition coefficient (Wildman–Crippen LogP) is 3.07. The molecule has 2 fully saturated rings. The number of likely N-dealkylation sites (tertiary alicyclic amines) is 1. The van der Waals surface area contributed by atoms with Crippen LogP contribution in [0.15, 0.2) is 10.6 Å². The smallest absolute Gasteiger partial charge is 0.339 e. The fourth-order valence-electron chi connectivity index (χ4n) is 4.03. The molecule has 1 saturated heterocycles. The van der Waals surface area contributed by atoms with Gasteiger partial charge >= 0.3 is 5.97 Å². The molecule has 1 saturated carbocycles. The molecule has 0 spiro atoms. The number of rotatable bonds is 4. The highest BCUT2D eigenvalue weighted by Crippen LogP contribution is 2.40. The van der Waals surface area contributed by atoms with Gasteiger partial charge in [0.2, 0.25) is 0 Å². The van der Waals surface area contributed by atoms with E-state index in [1.54, 1.807) is 17.9 Å². The van der Waals surface area contributed by atoms with Gasteiger partial charge in [0.25, 0.3) is 11.6 Å². The van der Waals surface area contributed by atoms with Crippen LogP contribution in [-0.2, 0) is 9.53 Å². The molecule has 0 N–H and O–H groups in total. The van der Waals surface area contributed by atoms with E-state index < -0.39 is 5.97 Å². The van der Waals surface area contributed by atoms with Crippen molar-refractivity contribution in [3.8, 4) is 0 Å². The first-order chi connectivity index (χ1) is 12.9. The fourth-order valence-corrected chi connectivity index (χ4v) is 4.03. The van der Waals surface area contributed by atoms with E-state index in [0.29, 0.717) is 40.1 Å². The Bertz CT molecular complexity index is 877. The molecule has 2 aromatic rings. The molecular formula is C20H25N3O4. The summed E-state index contributed by atoms with van der Waals surface area (Å²) in [5.41, 5.74) is 2.16. The maximum atomic E-state index is 12.7. The monoisotopic (exact) mass is 371 g/mol. The Morgan fingerprint density at radius 3 is 2.63 bits per heavy atom. The number of aromatic nitrogens is 2. The third-order valence-electron chi connectivity index (χ3n) is 5.40. The number of carbonyl (C=O) groups is 2. The van der Waals surface area contributed by atoms with Crippen molar-refractivity contribution >= 4 is 23.0 Å². The van der Waals surface area contributed by atoms with Gasteiger partial charge in [0, 0.05) is 24.7 Å². The molecule has 1 amide bonds. The average Bonchev–Trinajstić information content (AvgIpc) is 3.41. The molecule has 0 unspecified atom stereocenters. The number of carbonyl (C=O) groups excluding carboxylic acids is 2. The van der Waals surface area contributed by atoms with E-state index in [1.165, 1.54) is 0 Å². The van der Waals surface area contributed by atoms with E-state index >= 15 is 0 Å². The Balaban J connectivity index is 1.49. The predicted molar refractivity (Wildman–Crippen MR) is 98.3 cm³/mol. The van der Waals surface area contributed by atoms with E-state index in [0.717, 1.165) is 38.0 Å². The maximum Gasteiger partial charge on any atom is 0.339 e. The summed E-state index contributed by atoms with van der Waals surface area (Å²) in [5.74, 6) is 0.630. The first kappa shape index (κ1) is 17.9. The van der Waals surface area contributed by atoms with Crippen molar-refractivity contribution in [2.45, 2.75) is 46.0 Å². The molecule has 27 heavy (non-hydrogen) atoms. The SMILES string of the molecule is Cc1noc2nc(C3CC3)cc(C(=O)OCC(=O)N3C[C@H](C)C[C@H](C)C3)c12. The number of hydrogen-bond acceptors (Lipinski definition) is 6. The summed E-state index contributed by atoms with van der Waals surface area (Å²) in [5, 5.41) is 4.49. The van der Waals surface area contributed by atoms with Crippen LogP contribution in [-0.4, -0.2) is 46.6 Å². The highest BCUT2D eigenvalue weighted by molar-refractivity contribution is 6.03. The summed E-state index contributed by atoms with van der Waals surface area (Å²) in [4.78, 5) is 31.5. The molecule has 7 nitrogen and oxygen atoms in total. The number of amides is 1. The second-order valence-corrected chi connectivity index (χ2v) is 8.14. The minimum atomic E-state index is -0.526. The molecule has 7 heteroatoms. The van der Waals surface area contributed by atoms with Crippen LogP contribution < -0.4 is 0 Å². The number of nitrogens with zero attached hydrogens (tertiary/aromatic N) is 3. The maximum absolute atomic E-state index is 12.7. The molecule has 144 valence electrons. The Morgan fingerprint density at radius 2 is 1.96 bits per heavy atom. The Morgan fingerprint density at radius 1 is 1.26 bits per heavy atom. The Labute approximate surface area is 158 Å². The standard InChI is InChI=1S/C20H25N3O4/c1-11-6-12(2)9-23(8-11)17(24)10-26-20(25)15-7-16(14-4-5-14)21-19-18(15)13(3)22-27-19/h7,11-12,14H,4-6,8-10H2,1-3H3/t11-,12+. The van der Waals surface area contributed by atoms with Crippen LogP contribution in [0.4, 0.5) is 0 Å². The number of fused-ring (bicyclic) bond motifs is 1. The molecule has 2 atom stereocenters. The van der Waals surface area contributed by atoms with Crippen LogP contribution in [0.3, 0.4) is 0 Å². The zero-order valence-electron chi connectivity index (χ0n) is 16.0. The lowest BCUT2D eigenvalue weighted by Crippen LogP contribution is -2.44. The van der Waals surface area contributed by atoms with E-state index in [4.69, 9.17) is 9.26 Å². The summed E-state index contributed by atoms with van der Waals surface area (Å²) < 4.78 is 10.6. The van der Waals surface area contributed by atoms with Gasteiger partial charge in [-0.1, -0.05) is 19.0 Å². The molecule has 0 radical (unpaired) electrons. The van der Waals surface area contributed by atoms with Gasteiger partial charge in [0.15, 0.2) is 6.61 Å². The van der Waals surface area contributed by atoms with Crippen LogP contribution in [0.1, 0.15) is 60.8 Å². The van der Waals surface area contributed by atoms with Crippen molar-refractivity contribution in [1.82, 2.24) is 15.0 Å². The van der Waals surface area contributed by atoms with Crippen LogP contribution in [0.25, 0.3) is 11.1 Å². The van der Waals surface area contributed by atoms with Gasteiger partial charge in [-0.15, -0.1) is 0 Å². The summed E-state index contributed by atoms with van der Waals surface area (Å²) in [6, 6.07) is 1.77. The van der Waals surface area contributed by atoms with E-state index in [-0.39, 0.29) is 12.5 Å². The third-order valence-corrected chi connectivity index (χ3v) is 5.40. The number of hydrogen-bond donors (Lipinski definition) is 0. The van der Waals surface area contributed by atoms with E-state index in [2.05, 4.69) is 24.0 Å². The highest BCUT2D eigenvalue weighted by Gasteiger charge is 2.30. The molecule has 0 bridgehead atoms. The number of aryl methyl sites for hydroxylation is 1. The molecule has 0 aromatic carbocycles. The summed E-state index contributed by atoms with van der Waals surface area (Å²) in [6.45, 7) is 7.25. The van der Waals surface area contributed by atoms with Gasteiger partial charge in [0.05, 0.1) is 16.6 Å². The lowest BCUT2D eigenvalue weighted by molar-refractivity contribution is -0.137. The zero-order valence-corrected chi connectivity index (χ0v) is 16.0. The minimum Gasteiger partial charge on any atom is -0.452 e. The summed E-state index contributed by atoms with van der Waals surface area (Å²) in [6.07, 6.45) is 3.24. The number of piperidine rings is 1.